The van der Waals surface area contributed by atoms with E-state index in [2.05, 4.69) is 0 Å². The van der Waals surface area contributed by atoms with E-state index in [1.165, 1.54) is 12.1 Å². The Bertz CT molecular complexity index is 698. The summed E-state index contributed by atoms with van der Waals surface area (Å²) < 4.78 is 19.0. The minimum Gasteiger partial charge on any atom is -0.489 e. The van der Waals surface area contributed by atoms with E-state index < -0.39 is 5.82 Å². The molecule has 2 aromatic carbocycles. The molecule has 0 aromatic heterocycles. The lowest BCUT2D eigenvalue weighted by Crippen LogP contribution is -1.98. The van der Waals surface area contributed by atoms with Crippen LogP contribution in [0.4, 0.5) is 4.39 Å². The van der Waals surface area contributed by atoms with Crippen molar-refractivity contribution in [3.8, 4) is 11.8 Å². The van der Waals surface area contributed by atoms with Gasteiger partial charge in [0.25, 0.3) is 0 Å². The molecule has 0 bridgehead atoms. The number of hydrogen-bond donors (Lipinski definition) is 0. The van der Waals surface area contributed by atoms with Gasteiger partial charge in [-0.1, -0.05) is 34.8 Å². The van der Waals surface area contributed by atoms with Crippen LogP contribution >= 0.6 is 34.8 Å². The van der Waals surface area contributed by atoms with Gasteiger partial charge in [-0.2, -0.15) is 5.26 Å². The molecule has 0 fully saturated rings. The number of ether oxygens (including phenoxy) is 1. The van der Waals surface area contributed by atoms with Crippen LogP contribution < -0.4 is 4.74 Å². The van der Waals surface area contributed by atoms with Crippen LogP contribution in [0.25, 0.3) is 0 Å². The fourth-order valence-electron chi connectivity index (χ4n) is 1.51. The average Bonchev–Trinajstić information content (AvgIpc) is 2.43. The molecule has 0 saturated carbocycles. The number of halogens is 4. The second-order valence-corrected chi connectivity index (χ2v) is 5.12. The Balaban J connectivity index is 2.17. The molecule has 0 aliphatic heterocycles. The summed E-state index contributed by atoms with van der Waals surface area (Å²) >= 11 is 17.6. The first-order chi connectivity index (χ1) is 9.51. The average molecular weight is 331 g/mol. The number of benzene rings is 2. The molecule has 0 aliphatic carbocycles. The molecular weight excluding hydrogens is 324 g/mol. The highest BCUT2D eigenvalue weighted by atomic mass is 35.5. The molecule has 20 heavy (non-hydrogen) atoms. The normalized spacial score (nSPS) is 10.2. The molecule has 102 valence electrons. The van der Waals surface area contributed by atoms with Crippen molar-refractivity contribution >= 4 is 34.8 Å². The van der Waals surface area contributed by atoms with E-state index in [1.54, 1.807) is 24.3 Å². The van der Waals surface area contributed by atoms with Gasteiger partial charge in [0.05, 0.1) is 15.6 Å². The molecule has 2 rings (SSSR count). The Morgan fingerprint density at radius 2 is 1.80 bits per heavy atom. The van der Waals surface area contributed by atoms with Gasteiger partial charge in [-0.15, -0.1) is 0 Å². The molecule has 0 aliphatic rings. The fourth-order valence-corrected chi connectivity index (χ4v) is 2.02. The summed E-state index contributed by atoms with van der Waals surface area (Å²) in [5, 5.41) is 9.74. The minimum absolute atomic E-state index is 0.0550. The van der Waals surface area contributed by atoms with Crippen LogP contribution in [0.15, 0.2) is 30.3 Å². The van der Waals surface area contributed by atoms with E-state index in [-0.39, 0.29) is 17.2 Å². The van der Waals surface area contributed by atoms with E-state index in [1.807, 2.05) is 0 Å². The lowest BCUT2D eigenvalue weighted by atomic mass is 10.1. The third-order valence-corrected chi connectivity index (χ3v) is 3.63. The van der Waals surface area contributed by atoms with E-state index in [0.29, 0.717) is 21.4 Å². The fraction of sp³-hybridized carbons (Fsp3) is 0.0714. The summed E-state index contributed by atoms with van der Waals surface area (Å²) in [6.07, 6.45) is 0. The van der Waals surface area contributed by atoms with E-state index in [4.69, 9.17) is 44.8 Å². The maximum absolute atomic E-state index is 13.5. The minimum atomic E-state index is -0.635. The van der Waals surface area contributed by atoms with Gasteiger partial charge in [-0.05, 0) is 24.3 Å². The summed E-state index contributed by atoms with van der Waals surface area (Å²) in [6.45, 7) is 0.0550. The quantitative estimate of drug-likeness (QED) is 0.771. The molecule has 2 aromatic rings. The van der Waals surface area contributed by atoms with Crippen LogP contribution in [0.3, 0.4) is 0 Å². The molecule has 2 nitrogen and oxygen atoms in total. The first-order valence-electron chi connectivity index (χ1n) is 5.47. The standard InChI is InChI=1S/C14H7Cl3FNO/c15-11-2-1-10(5-13(11)17)20-7-9-4-14(18)8(6-19)3-12(9)16/h1-5H,7H2. The third kappa shape index (κ3) is 3.34. The number of nitrogens with zero attached hydrogens (tertiary/aromatic N) is 1. The van der Waals surface area contributed by atoms with E-state index in [9.17, 15) is 4.39 Å². The van der Waals surface area contributed by atoms with Crippen molar-refractivity contribution in [2.75, 3.05) is 0 Å². The number of hydrogen-bond acceptors (Lipinski definition) is 2. The van der Waals surface area contributed by atoms with Gasteiger partial charge in [0, 0.05) is 16.7 Å². The first-order valence-corrected chi connectivity index (χ1v) is 6.60. The summed E-state index contributed by atoms with van der Waals surface area (Å²) in [5.41, 5.74) is 0.336. The lowest BCUT2D eigenvalue weighted by Gasteiger charge is -2.09. The number of rotatable bonds is 3. The second kappa shape index (κ2) is 6.32. The molecule has 0 atom stereocenters. The number of nitriles is 1. The smallest absolute Gasteiger partial charge is 0.141 e. The second-order valence-electron chi connectivity index (χ2n) is 3.90. The molecule has 0 spiro atoms. The molecule has 0 heterocycles. The van der Waals surface area contributed by atoms with Crippen molar-refractivity contribution in [1.29, 1.82) is 5.26 Å². The molecule has 0 amide bonds. The molecule has 0 saturated heterocycles. The zero-order valence-electron chi connectivity index (χ0n) is 9.96. The van der Waals surface area contributed by atoms with Crippen molar-refractivity contribution in [1.82, 2.24) is 0 Å². The highest BCUT2D eigenvalue weighted by Crippen LogP contribution is 2.28. The summed E-state index contributed by atoms with van der Waals surface area (Å²) in [4.78, 5) is 0. The van der Waals surface area contributed by atoms with Crippen molar-refractivity contribution in [2.24, 2.45) is 0 Å². The van der Waals surface area contributed by atoms with E-state index in [0.717, 1.165) is 0 Å². The van der Waals surface area contributed by atoms with Crippen LogP contribution in [-0.2, 0) is 6.61 Å². The summed E-state index contributed by atoms with van der Waals surface area (Å²) in [7, 11) is 0. The Labute approximate surface area is 130 Å². The highest BCUT2D eigenvalue weighted by molar-refractivity contribution is 6.42. The van der Waals surface area contributed by atoms with Crippen LogP contribution in [0, 0.1) is 17.1 Å². The largest absolute Gasteiger partial charge is 0.489 e. The predicted octanol–water partition coefficient (Wildman–Crippen LogP) is 5.24. The van der Waals surface area contributed by atoms with Gasteiger partial charge in [-0.3, -0.25) is 0 Å². The van der Waals surface area contributed by atoms with Gasteiger partial charge in [0.2, 0.25) is 0 Å². The van der Waals surface area contributed by atoms with Crippen LogP contribution in [0.2, 0.25) is 15.1 Å². The SMILES string of the molecule is N#Cc1cc(Cl)c(COc2ccc(Cl)c(Cl)c2)cc1F. The summed E-state index contributed by atoms with van der Waals surface area (Å²) in [5.74, 6) is -0.148. The van der Waals surface area contributed by atoms with Gasteiger partial charge in [0.15, 0.2) is 0 Å². The zero-order chi connectivity index (χ0) is 14.7. The van der Waals surface area contributed by atoms with Gasteiger partial charge >= 0.3 is 0 Å². The molecule has 0 radical (unpaired) electrons. The molecule has 6 heteroatoms. The molecule has 0 N–H and O–H groups in total. The lowest BCUT2D eigenvalue weighted by molar-refractivity contribution is 0.305. The Hall–Kier alpha value is -1.47. The van der Waals surface area contributed by atoms with Crippen molar-refractivity contribution in [2.45, 2.75) is 6.61 Å². The highest BCUT2D eigenvalue weighted by Gasteiger charge is 2.09. The maximum Gasteiger partial charge on any atom is 0.141 e. The van der Waals surface area contributed by atoms with Crippen LogP contribution in [-0.4, -0.2) is 0 Å². The molecular formula is C14H7Cl3FNO. The van der Waals surface area contributed by atoms with Gasteiger partial charge in [0.1, 0.15) is 24.2 Å². The van der Waals surface area contributed by atoms with Crippen LogP contribution in [0.1, 0.15) is 11.1 Å². The van der Waals surface area contributed by atoms with E-state index >= 15 is 0 Å². The van der Waals surface area contributed by atoms with Gasteiger partial charge < -0.3 is 4.74 Å². The zero-order valence-corrected chi connectivity index (χ0v) is 12.2. The Kier molecular flexibility index (Phi) is 4.72. The Morgan fingerprint density at radius 3 is 2.45 bits per heavy atom. The topological polar surface area (TPSA) is 33.0 Å². The third-order valence-electron chi connectivity index (χ3n) is 2.54. The Morgan fingerprint density at radius 1 is 1.05 bits per heavy atom. The maximum atomic E-state index is 13.5. The first kappa shape index (κ1) is 14.9. The van der Waals surface area contributed by atoms with Crippen molar-refractivity contribution in [3.63, 3.8) is 0 Å². The molecule has 0 unspecified atom stereocenters. The van der Waals surface area contributed by atoms with Crippen LogP contribution in [0.5, 0.6) is 5.75 Å². The van der Waals surface area contributed by atoms with Crippen molar-refractivity contribution in [3.05, 3.63) is 62.3 Å². The summed E-state index contributed by atoms with van der Waals surface area (Å²) in [6, 6.07) is 8.96. The van der Waals surface area contributed by atoms with Gasteiger partial charge in [-0.25, -0.2) is 4.39 Å². The predicted molar refractivity (Wildman–Crippen MR) is 76.9 cm³/mol. The van der Waals surface area contributed by atoms with Crippen molar-refractivity contribution < 1.29 is 9.13 Å². The monoisotopic (exact) mass is 329 g/mol.